The Bertz CT molecular complexity index is 812. The Morgan fingerprint density at radius 1 is 0.882 bits per heavy atom. The molecule has 0 heterocycles. The molecule has 0 radical (unpaired) electrons. The van der Waals surface area contributed by atoms with Gasteiger partial charge in [-0.25, -0.2) is 0 Å². The minimum atomic E-state index is -1.21. The molecule has 4 atom stereocenters. The van der Waals surface area contributed by atoms with E-state index < -0.39 is 48.5 Å². The predicted molar refractivity (Wildman–Crippen MR) is 128 cm³/mol. The summed E-state index contributed by atoms with van der Waals surface area (Å²) >= 11 is 0. The van der Waals surface area contributed by atoms with E-state index in [-0.39, 0.29) is 24.0 Å². The fourth-order valence-electron chi connectivity index (χ4n) is 3.35. The van der Waals surface area contributed by atoms with Crippen LogP contribution in [0.5, 0.6) is 5.75 Å². The number of benzene rings is 1. The molecule has 0 unspecified atom stereocenters. The summed E-state index contributed by atoms with van der Waals surface area (Å²) in [5, 5.41) is 26.6. The lowest BCUT2D eigenvalue weighted by Crippen LogP contribution is -2.57. The standard InChI is InChI=1S/C24H38N4O6/c1-14(2)9-17(12-29)26-23(33)20(10-15(3)4)28-24(34)21(27-22(32)19(25)13-30)11-16-5-7-18(31)8-6-16/h5-8,12,14-15,17,19-21,30-31H,9-11,13,25H2,1-4H3,(H,26,33)(H,27,32)(H,28,34)/t17-,19-,20+,21-/m0/s1. The third-order valence-electron chi connectivity index (χ3n) is 5.10. The van der Waals surface area contributed by atoms with Gasteiger partial charge in [-0.15, -0.1) is 0 Å². The Hall–Kier alpha value is -2.98. The Labute approximate surface area is 200 Å². The van der Waals surface area contributed by atoms with Gasteiger partial charge in [0.1, 0.15) is 30.2 Å². The van der Waals surface area contributed by atoms with Crippen molar-refractivity contribution in [2.45, 2.75) is 71.1 Å². The van der Waals surface area contributed by atoms with Gasteiger partial charge in [-0.2, -0.15) is 0 Å². The van der Waals surface area contributed by atoms with Crippen molar-refractivity contribution in [1.29, 1.82) is 0 Å². The summed E-state index contributed by atoms with van der Waals surface area (Å²) in [7, 11) is 0. The summed E-state index contributed by atoms with van der Waals surface area (Å²) in [6.45, 7) is 7.07. The van der Waals surface area contributed by atoms with Crippen LogP contribution in [-0.4, -0.2) is 65.0 Å². The molecule has 0 spiro atoms. The van der Waals surface area contributed by atoms with Gasteiger partial charge in [-0.1, -0.05) is 39.8 Å². The van der Waals surface area contributed by atoms with Crippen molar-refractivity contribution in [3.05, 3.63) is 29.8 Å². The van der Waals surface area contributed by atoms with Gasteiger partial charge in [0, 0.05) is 6.42 Å². The van der Waals surface area contributed by atoms with E-state index in [2.05, 4.69) is 16.0 Å². The first-order chi connectivity index (χ1) is 16.0. The van der Waals surface area contributed by atoms with E-state index in [9.17, 15) is 24.3 Å². The first-order valence-corrected chi connectivity index (χ1v) is 11.5. The zero-order chi connectivity index (χ0) is 25.8. The highest BCUT2D eigenvalue weighted by Crippen LogP contribution is 2.13. The van der Waals surface area contributed by atoms with Crippen molar-refractivity contribution in [3.63, 3.8) is 0 Å². The monoisotopic (exact) mass is 478 g/mol. The number of aldehydes is 1. The smallest absolute Gasteiger partial charge is 0.243 e. The van der Waals surface area contributed by atoms with Crippen LogP contribution in [0.15, 0.2) is 24.3 Å². The van der Waals surface area contributed by atoms with Gasteiger partial charge in [0.15, 0.2) is 0 Å². The van der Waals surface area contributed by atoms with Gasteiger partial charge >= 0.3 is 0 Å². The van der Waals surface area contributed by atoms with Crippen LogP contribution in [-0.2, 0) is 25.6 Å². The number of hydrogen-bond acceptors (Lipinski definition) is 7. The second kappa shape index (κ2) is 14.3. The summed E-state index contributed by atoms with van der Waals surface area (Å²) in [6.07, 6.45) is 1.53. The average molecular weight is 479 g/mol. The highest BCUT2D eigenvalue weighted by atomic mass is 16.3. The number of nitrogens with one attached hydrogen (secondary N) is 3. The number of hydrogen-bond donors (Lipinski definition) is 6. The molecule has 0 aliphatic carbocycles. The van der Waals surface area contributed by atoms with Crippen LogP contribution in [0.1, 0.15) is 46.1 Å². The molecule has 34 heavy (non-hydrogen) atoms. The number of amides is 3. The molecule has 190 valence electrons. The van der Waals surface area contributed by atoms with Gasteiger partial charge in [0.2, 0.25) is 17.7 Å². The van der Waals surface area contributed by atoms with Crippen LogP contribution >= 0.6 is 0 Å². The molecule has 0 saturated heterocycles. The first kappa shape index (κ1) is 29.1. The molecule has 0 saturated carbocycles. The van der Waals surface area contributed by atoms with Crippen LogP contribution in [0.25, 0.3) is 0 Å². The van der Waals surface area contributed by atoms with Crippen LogP contribution in [0, 0.1) is 11.8 Å². The molecule has 1 aromatic rings. The largest absolute Gasteiger partial charge is 0.508 e. The predicted octanol–water partition coefficient (Wildman–Crippen LogP) is -0.000200. The van der Waals surface area contributed by atoms with Crippen molar-refractivity contribution >= 4 is 24.0 Å². The van der Waals surface area contributed by atoms with Crippen LogP contribution in [0.2, 0.25) is 0 Å². The Balaban J connectivity index is 3.07. The van der Waals surface area contributed by atoms with Crippen molar-refractivity contribution in [2.24, 2.45) is 17.6 Å². The SMILES string of the molecule is CC(C)C[C@@H](C=O)NC(=O)[C@@H](CC(C)C)NC(=O)[C@H](Cc1ccc(O)cc1)NC(=O)[C@@H](N)CO. The Morgan fingerprint density at radius 3 is 1.91 bits per heavy atom. The third-order valence-corrected chi connectivity index (χ3v) is 5.10. The fraction of sp³-hybridized carbons (Fsp3) is 0.583. The molecule has 10 nitrogen and oxygen atoms in total. The zero-order valence-corrected chi connectivity index (χ0v) is 20.3. The number of phenolic OH excluding ortho intramolecular Hbond substituents is 1. The molecule has 3 amide bonds. The molecular formula is C24H38N4O6. The summed E-state index contributed by atoms with van der Waals surface area (Å²) in [5.41, 5.74) is 6.23. The molecule has 10 heteroatoms. The van der Waals surface area contributed by atoms with E-state index in [0.717, 1.165) is 0 Å². The fourth-order valence-corrected chi connectivity index (χ4v) is 3.35. The van der Waals surface area contributed by atoms with Crippen molar-refractivity contribution in [2.75, 3.05) is 6.61 Å². The van der Waals surface area contributed by atoms with Gasteiger partial charge in [-0.3, -0.25) is 14.4 Å². The maximum Gasteiger partial charge on any atom is 0.243 e. The second-order valence-corrected chi connectivity index (χ2v) is 9.29. The first-order valence-electron chi connectivity index (χ1n) is 11.5. The van der Waals surface area contributed by atoms with E-state index in [0.29, 0.717) is 24.7 Å². The van der Waals surface area contributed by atoms with Crippen LogP contribution in [0.3, 0.4) is 0 Å². The lowest BCUT2D eigenvalue weighted by atomic mass is 9.99. The number of phenols is 1. The Morgan fingerprint density at radius 2 is 1.41 bits per heavy atom. The van der Waals surface area contributed by atoms with Gasteiger partial charge in [-0.05, 0) is 42.4 Å². The lowest BCUT2D eigenvalue weighted by Gasteiger charge is -2.26. The van der Waals surface area contributed by atoms with Crippen LogP contribution < -0.4 is 21.7 Å². The lowest BCUT2D eigenvalue weighted by molar-refractivity contribution is -0.133. The summed E-state index contributed by atoms with van der Waals surface area (Å²) in [5.74, 6) is -1.52. The summed E-state index contributed by atoms with van der Waals surface area (Å²) in [6, 6.07) is 2.22. The number of carbonyl (C=O) groups excluding carboxylic acids is 4. The quantitative estimate of drug-likeness (QED) is 0.204. The van der Waals surface area contributed by atoms with E-state index in [1.165, 1.54) is 12.1 Å². The summed E-state index contributed by atoms with van der Waals surface area (Å²) in [4.78, 5) is 49.7. The molecule has 0 aliphatic heterocycles. The molecule has 0 fully saturated rings. The molecule has 7 N–H and O–H groups in total. The molecule has 0 aliphatic rings. The number of aliphatic hydroxyl groups is 1. The van der Waals surface area contributed by atoms with Gasteiger partial charge < -0.3 is 36.7 Å². The molecule has 0 bridgehead atoms. The third kappa shape index (κ3) is 10.3. The number of aliphatic hydroxyl groups excluding tert-OH is 1. The zero-order valence-electron chi connectivity index (χ0n) is 20.3. The van der Waals surface area contributed by atoms with E-state index in [1.54, 1.807) is 12.1 Å². The molecule has 1 rings (SSSR count). The second-order valence-electron chi connectivity index (χ2n) is 9.29. The number of carbonyl (C=O) groups is 4. The van der Waals surface area contributed by atoms with Crippen molar-refractivity contribution in [1.82, 2.24) is 16.0 Å². The minimum absolute atomic E-state index is 0.0517. The van der Waals surface area contributed by atoms with Crippen molar-refractivity contribution < 1.29 is 29.4 Å². The maximum absolute atomic E-state index is 13.2. The summed E-state index contributed by atoms with van der Waals surface area (Å²) < 4.78 is 0. The maximum atomic E-state index is 13.2. The normalized spacial score (nSPS) is 14.7. The van der Waals surface area contributed by atoms with E-state index in [1.807, 2.05) is 27.7 Å². The highest BCUT2D eigenvalue weighted by Gasteiger charge is 2.29. The molecular weight excluding hydrogens is 440 g/mol. The van der Waals surface area contributed by atoms with E-state index in [4.69, 9.17) is 10.8 Å². The number of rotatable bonds is 14. The van der Waals surface area contributed by atoms with Gasteiger partial charge in [0.05, 0.1) is 12.6 Å². The average Bonchev–Trinajstić information content (AvgIpc) is 2.77. The number of aromatic hydroxyl groups is 1. The van der Waals surface area contributed by atoms with E-state index >= 15 is 0 Å². The minimum Gasteiger partial charge on any atom is -0.508 e. The van der Waals surface area contributed by atoms with Crippen molar-refractivity contribution in [3.8, 4) is 5.75 Å². The molecule has 0 aromatic heterocycles. The molecule has 1 aromatic carbocycles. The highest BCUT2D eigenvalue weighted by molar-refractivity contribution is 5.93. The van der Waals surface area contributed by atoms with Crippen LogP contribution in [0.4, 0.5) is 0 Å². The van der Waals surface area contributed by atoms with Gasteiger partial charge in [0.25, 0.3) is 0 Å². The number of nitrogens with two attached hydrogens (primary N) is 1. The topological polar surface area (TPSA) is 171 Å². The Kier molecular flexibility index (Phi) is 12.2.